The molecule has 0 radical (unpaired) electrons. The van der Waals surface area contributed by atoms with E-state index in [1.54, 1.807) is 7.11 Å². The van der Waals surface area contributed by atoms with Gasteiger partial charge in [0, 0.05) is 32.2 Å². The summed E-state index contributed by atoms with van der Waals surface area (Å²) in [5.41, 5.74) is 0.993. The monoisotopic (exact) mass is 417 g/mol. The highest BCUT2D eigenvalue weighted by molar-refractivity contribution is 5.78. The Morgan fingerprint density at radius 2 is 1.83 bits per heavy atom. The molecule has 1 N–H and O–H groups in total. The van der Waals surface area contributed by atoms with E-state index in [-0.39, 0.29) is 12.0 Å². The number of hydrogen-bond acceptors (Lipinski definition) is 5. The van der Waals surface area contributed by atoms with Crippen molar-refractivity contribution in [2.45, 2.75) is 45.1 Å². The molecule has 2 fully saturated rings. The molecule has 166 valence electrons. The molecular weight excluding hydrogens is 382 g/mol. The van der Waals surface area contributed by atoms with Crippen molar-refractivity contribution in [3.8, 4) is 5.75 Å². The Morgan fingerprint density at radius 3 is 2.50 bits per heavy atom. The van der Waals surface area contributed by atoms with Crippen LogP contribution in [-0.2, 0) is 16.0 Å². The first kappa shape index (κ1) is 22.4. The number of carbonyl (C=O) groups is 2. The SMILES string of the molecule is CCOC(=O)N1CCC(N2CCC[C@H](CNC(=O)Cc3ccc(OC)cc3)C2)CC1. The minimum atomic E-state index is -0.188. The number of methoxy groups -OCH3 is 1. The third kappa shape index (κ3) is 6.36. The topological polar surface area (TPSA) is 71.1 Å². The lowest BCUT2D eigenvalue weighted by atomic mass is 9.94. The number of nitrogens with zero attached hydrogens (tertiary/aromatic N) is 2. The maximum atomic E-state index is 12.3. The van der Waals surface area contributed by atoms with Crippen molar-refractivity contribution >= 4 is 12.0 Å². The minimum absolute atomic E-state index is 0.0695. The van der Waals surface area contributed by atoms with E-state index >= 15 is 0 Å². The summed E-state index contributed by atoms with van der Waals surface area (Å²) in [5, 5.41) is 3.12. The third-order valence-corrected chi connectivity index (χ3v) is 6.17. The van der Waals surface area contributed by atoms with Gasteiger partial charge in [0.05, 0.1) is 20.1 Å². The van der Waals surface area contributed by atoms with Gasteiger partial charge in [-0.3, -0.25) is 9.69 Å². The second-order valence-electron chi connectivity index (χ2n) is 8.25. The molecule has 0 aromatic heterocycles. The zero-order valence-corrected chi connectivity index (χ0v) is 18.3. The first-order chi connectivity index (χ1) is 14.6. The van der Waals surface area contributed by atoms with E-state index in [2.05, 4.69) is 10.2 Å². The van der Waals surface area contributed by atoms with E-state index in [0.29, 0.717) is 25.0 Å². The summed E-state index contributed by atoms with van der Waals surface area (Å²) in [4.78, 5) is 28.6. The van der Waals surface area contributed by atoms with Gasteiger partial charge in [-0.25, -0.2) is 4.79 Å². The normalized spacial score (nSPS) is 20.6. The fraction of sp³-hybridized carbons (Fsp3) is 0.652. The van der Waals surface area contributed by atoms with E-state index in [1.807, 2.05) is 36.1 Å². The number of nitrogens with one attached hydrogen (secondary N) is 1. The third-order valence-electron chi connectivity index (χ3n) is 6.17. The molecule has 2 heterocycles. The molecular formula is C23H35N3O4. The number of hydrogen-bond donors (Lipinski definition) is 1. The average molecular weight is 418 g/mol. The van der Waals surface area contributed by atoms with Gasteiger partial charge < -0.3 is 19.7 Å². The Balaban J connectivity index is 1.39. The van der Waals surface area contributed by atoms with Gasteiger partial charge in [-0.1, -0.05) is 12.1 Å². The van der Waals surface area contributed by atoms with Gasteiger partial charge in [0.25, 0.3) is 0 Å². The summed E-state index contributed by atoms with van der Waals surface area (Å²) < 4.78 is 10.3. The molecule has 2 aliphatic rings. The molecule has 1 atom stereocenters. The Labute approximate surface area is 179 Å². The number of likely N-dealkylation sites (tertiary alicyclic amines) is 2. The highest BCUT2D eigenvalue weighted by Gasteiger charge is 2.30. The van der Waals surface area contributed by atoms with E-state index in [4.69, 9.17) is 9.47 Å². The van der Waals surface area contributed by atoms with Gasteiger partial charge in [-0.05, 0) is 62.8 Å². The Morgan fingerprint density at radius 1 is 1.10 bits per heavy atom. The van der Waals surface area contributed by atoms with Gasteiger partial charge in [0.2, 0.25) is 5.91 Å². The van der Waals surface area contributed by atoms with Crippen molar-refractivity contribution in [3.63, 3.8) is 0 Å². The molecule has 0 spiro atoms. The smallest absolute Gasteiger partial charge is 0.409 e. The summed E-state index contributed by atoms with van der Waals surface area (Å²) >= 11 is 0. The van der Waals surface area contributed by atoms with Crippen LogP contribution in [0.25, 0.3) is 0 Å². The molecule has 7 heteroatoms. The molecule has 0 bridgehead atoms. The Hall–Kier alpha value is -2.28. The quantitative estimate of drug-likeness (QED) is 0.739. The van der Waals surface area contributed by atoms with Gasteiger partial charge in [0.15, 0.2) is 0 Å². The Kier molecular flexibility index (Phi) is 8.37. The second-order valence-corrected chi connectivity index (χ2v) is 8.25. The van der Waals surface area contributed by atoms with Crippen LogP contribution in [-0.4, -0.2) is 74.3 Å². The molecule has 30 heavy (non-hydrogen) atoms. The van der Waals surface area contributed by atoms with Crippen LogP contribution in [0.3, 0.4) is 0 Å². The van der Waals surface area contributed by atoms with Crippen molar-refractivity contribution in [2.75, 3.05) is 46.4 Å². The maximum Gasteiger partial charge on any atom is 0.409 e. The van der Waals surface area contributed by atoms with Crippen molar-refractivity contribution in [1.29, 1.82) is 0 Å². The molecule has 0 saturated carbocycles. The van der Waals surface area contributed by atoms with Gasteiger partial charge in [-0.2, -0.15) is 0 Å². The molecule has 2 saturated heterocycles. The molecule has 0 aliphatic carbocycles. The highest BCUT2D eigenvalue weighted by atomic mass is 16.6. The number of carbonyl (C=O) groups excluding carboxylic acids is 2. The van der Waals surface area contributed by atoms with Crippen LogP contribution in [0.1, 0.15) is 38.2 Å². The second kappa shape index (κ2) is 11.2. The van der Waals surface area contributed by atoms with Crippen molar-refractivity contribution in [3.05, 3.63) is 29.8 Å². The van der Waals surface area contributed by atoms with Crippen LogP contribution in [0.4, 0.5) is 4.79 Å². The standard InChI is InChI=1S/C23H35N3O4/c1-3-30-23(28)25-13-10-20(11-14-25)26-12-4-5-19(17-26)16-24-22(27)15-18-6-8-21(29-2)9-7-18/h6-9,19-20H,3-5,10-17H2,1-2H3,(H,24,27)/t19-/m1/s1. The van der Waals surface area contributed by atoms with Crippen LogP contribution in [0, 0.1) is 5.92 Å². The first-order valence-electron chi connectivity index (χ1n) is 11.1. The van der Waals surface area contributed by atoms with Crippen molar-refractivity contribution in [2.24, 2.45) is 5.92 Å². The molecule has 1 aromatic rings. The van der Waals surface area contributed by atoms with E-state index in [1.165, 1.54) is 0 Å². The van der Waals surface area contributed by atoms with Gasteiger partial charge in [-0.15, -0.1) is 0 Å². The highest BCUT2D eigenvalue weighted by Crippen LogP contribution is 2.24. The van der Waals surface area contributed by atoms with Crippen LogP contribution < -0.4 is 10.1 Å². The number of piperidine rings is 2. The lowest BCUT2D eigenvalue weighted by Gasteiger charge is -2.42. The first-order valence-corrected chi connectivity index (χ1v) is 11.1. The maximum absolute atomic E-state index is 12.3. The number of benzene rings is 1. The largest absolute Gasteiger partial charge is 0.497 e. The molecule has 0 unspecified atom stereocenters. The molecule has 2 amide bonds. The van der Waals surface area contributed by atoms with Gasteiger partial charge >= 0.3 is 6.09 Å². The molecule has 7 nitrogen and oxygen atoms in total. The zero-order chi connectivity index (χ0) is 21.3. The summed E-state index contributed by atoms with van der Waals surface area (Å²) in [6.45, 7) is 6.66. The number of rotatable bonds is 7. The van der Waals surface area contributed by atoms with Crippen LogP contribution in [0.15, 0.2) is 24.3 Å². The van der Waals surface area contributed by atoms with E-state index < -0.39 is 0 Å². The fourth-order valence-corrected chi connectivity index (χ4v) is 4.47. The molecule has 2 aliphatic heterocycles. The van der Waals surface area contributed by atoms with Crippen LogP contribution in [0.2, 0.25) is 0 Å². The predicted molar refractivity (Wildman–Crippen MR) is 116 cm³/mol. The summed E-state index contributed by atoms with van der Waals surface area (Å²) in [6.07, 6.45) is 4.52. The molecule has 1 aromatic carbocycles. The average Bonchev–Trinajstić information content (AvgIpc) is 2.79. The lowest BCUT2D eigenvalue weighted by molar-refractivity contribution is -0.120. The summed E-state index contributed by atoms with van der Waals surface area (Å²) in [5.74, 6) is 1.36. The lowest BCUT2D eigenvalue weighted by Crippen LogP contribution is -2.50. The minimum Gasteiger partial charge on any atom is -0.497 e. The van der Waals surface area contributed by atoms with Crippen molar-refractivity contribution < 1.29 is 19.1 Å². The zero-order valence-electron chi connectivity index (χ0n) is 18.3. The van der Waals surface area contributed by atoms with Crippen molar-refractivity contribution in [1.82, 2.24) is 15.1 Å². The number of amides is 2. The van der Waals surface area contributed by atoms with Crippen LogP contribution in [0.5, 0.6) is 5.75 Å². The number of ether oxygens (including phenoxy) is 2. The fourth-order valence-electron chi connectivity index (χ4n) is 4.47. The predicted octanol–water partition coefficient (Wildman–Crippen LogP) is 2.69. The summed E-state index contributed by atoms with van der Waals surface area (Å²) in [6, 6.07) is 8.16. The van der Waals surface area contributed by atoms with E-state index in [9.17, 15) is 9.59 Å². The van der Waals surface area contributed by atoms with Crippen LogP contribution >= 0.6 is 0 Å². The van der Waals surface area contributed by atoms with Gasteiger partial charge in [0.1, 0.15) is 5.75 Å². The summed E-state index contributed by atoms with van der Waals surface area (Å²) in [7, 11) is 1.64. The molecule has 3 rings (SSSR count). The van der Waals surface area contributed by atoms with E-state index in [0.717, 1.165) is 69.7 Å². The Bertz CT molecular complexity index is 686.